The summed E-state index contributed by atoms with van der Waals surface area (Å²) in [4.78, 5) is 22.2. The Morgan fingerprint density at radius 3 is 2.72 bits per heavy atom. The van der Waals surface area contributed by atoms with Crippen LogP contribution >= 0.6 is 11.6 Å². The van der Waals surface area contributed by atoms with Gasteiger partial charge in [0.15, 0.2) is 0 Å². The highest BCUT2D eigenvalue weighted by molar-refractivity contribution is 6.29. The van der Waals surface area contributed by atoms with Gasteiger partial charge in [-0.1, -0.05) is 31.9 Å². The van der Waals surface area contributed by atoms with E-state index in [1.54, 1.807) is 0 Å². The third-order valence-corrected chi connectivity index (χ3v) is 3.14. The van der Waals surface area contributed by atoms with Gasteiger partial charge in [0.1, 0.15) is 10.8 Å². The molecule has 1 atom stereocenters. The maximum absolute atomic E-state index is 12.4. The second-order valence-electron chi connectivity index (χ2n) is 4.34. The fourth-order valence-electron chi connectivity index (χ4n) is 1.66. The molecule has 1 heterocycles. The number of unbranched alkanes of at least 4 members (excludes halogenated alkanes) is 1. The molecule has 5 heteroatoms. The van der Waals surface area contributed by atoms with Crippen LogP contribution in [0.5, 0.6) is 0 Å². The SMILES string of the molecule is CCCCN(C(=O)c1cncc(Cl)n1)C(C)CC. The van der Waals surface area contributed by atoms with Gasteiger partial charge < -0.3 is 4.90 Å². The summed E-state index contributed by atoms with van der Waals surface area (Å²) in [5.41, 5.74) is 0.318. The number of amides is 1. The first-order chi connectivity index (χ1) is 8.60. The standard InChI is InChI=1S/C13H20ClN3O/c1-4-6-7-17(10(3)5-2)13(18)11-8-15-9-12(14)16-11/h8-10H,4-7H2,1-3H3. The third kappa shape index (κ3) is 3.95. The van der Waals surface area contributed by atoms with Crippen molar-refractivity contribution in [2.45, 2.75) is 46.1 Å². The summed E-state index contributed by atoms with van der Waals surface area (Å²) in [5, 5.41) is 0.250. The quantitative estimate of drug-likeness (QED) is 0.797. The van der Waals surface area contributed by atoms with Gasteiger partial charge in [0.05, 0.1) is 12.4 Å². The lowest BCUT2D eigenvalue weighted by Crippen LogP contribution is -2.39. The monoisotopic (exact) mass is 269 g/mol. The molecular formula is C13H20ClN3O. The molecule has 0 aliphatic heterocycles. The summed E-state index contributed by atoms with van der Waals surface area (Å²) >= 11 is 5.77. The van der Waals surface area contributed by atoms with E-state index in [0.29, 0.717) is 5.69 Å². The number of halogens is 1. The molecule has 0 saturated heterocycles. The molecule has 0 spiro atoms. The molecule has 100 valence electrons. The Balaban J connectivity index is 2.87. The van der Waals surface area contributed by atoms with Crippen LogP contribution < -0.4 is 0 Å². The van der Waals surface area contributed by atoms with Crippen LogP contribution in [0.4, 0.5) is 0 Å². The van der Waals surface area contributed by atoms with Gasteiger partial charge in [-0.2, -0.15) is 0 Å². The molecule has 1 rings (SSSR count). The largest absolute Gasteiger partial charge is 0.335 e. The first kappa shape index (κ1) is 14.9. The second kappa shape index (κ2) is 7.31. The number of hydrogen-bond acceptors (Lipinski definition) is 3. The lowest BCUT2D eigenvalue weighted by atomic mass is 10.2. The minimum Gasteiger partial charge on any atom is -0.335 e. The van der Waals surface area contributed by atoms with Crippen molar-refractivity contribution in [3.05, 3.63) is 23.2 Å². The van der Waals surface area contributed by atoms with Crippen molar-refractivity contribution >= 4 is 17.5 Å². The van der Waals surface area contributed by atoms with Crippen molar-refractivity contribution in [2.24, 2.45) is 0 Å². The van der Waals surface area contributed by atoms with Gasteiger partial charge in [-0.05, 0) is 19.8 Å². The number of carbonyl (C=O) groups excluding carboxylic acids is 1. The highest BCUT2D eigenvalue weighted by Gasteiger charge is 2.21. The van der Waals surface area contributed by atoms with Crippen LogP contribution in [0.15, 0.2) is 12.4 Å². The lowest BCUT2D eigenvalue weighted by Gasteiger charge is -2.28. The summed E-state index contributed by atoms with van der Waals surface area (Å²) in [6, 6.07) is 0.199. The van der Waals surface area contributed by atoms with Crippen molar-refractivity contribution in [2.75, 3.05) is 6.54 Å². The van der Waals surface area contributed by atoms with E-state index in [2.05, 4.69) is 23.8 Å². The maximum atomic E-state index is 12.4. The highest BCUT2D eigenvalue weighted by atomic mass is 35.5. The van der Waals surface area contributed by atoms with Gasteiger partial charge in [0.25, 0.3) is 5.91 Å². The zero-order chi connectivity index (χ0) is 13.5. The van der Waals surface area contributed by atoms with Gasteiger partial charge in [0.2, 0.25) is 0 Å². The second-order valence-corrected chi connectivity index (χ2v) is 4.72. The molecule has 4 nitrogen and oxygen atoms in total. The first-order valence-corrected chi connectivity index (χ1v) is 6.76. The van der Waals surface area contributed by atoms with Gasteiger partial charge in [-0.25, -0.2) is 4.98 Å². The van der Waals surface area contributed by atoms with Crippen molar-refractivity contribution in [3.8, 4) is 0 Å². The lowest BCUT2D eigenvalue weighted by molar-refractivity contribution is 0.0678. The van der Waals surface area contributed by atoms with Crippen LogP contribution in [-0.4, -0.2) is 33.4 Å². The van der Waals surface area contributed by atoms with Crippen LogP contribution in [0.25, 0.3) is 0 Å². The van der Waals surface area contributed by atoms with Gasteiger partial charge >= 0.3 is 0 Å². The smallest absolute Gasteiger partial charge is 0.274 e. The molecule has 1 amide bonds. The minimum atomic E-state index is -0.0900. The minimum absolute atomic E-state index is 0.0900. The number of hydrogen-bond donors (Lipinski definition) is 0. The van der Waals surface area contributed by atoms with Crippen molar-refractivity contribution in [1.29, 1.82) is 0 Å². The fraction of sp³-hybridized carbons (Fsp3) is 0.615. The molecule has 0 N–H and O–H groups in total. The van der Waals surface area contributed by atoms with E-state index in [-0.39, 0.29) is 17.1 Å². The zero-order valence-electron chi connectivity index (χ0n) is 11.2. The normalized spacial score (nSPS) is 12.2. The fourth-order valence-corrected chi connectivity index (χ4v) is 1.81. The average Bonchev–Trinajstić information content (AvgIpc) is 2.38. The summed E-state index contributed by atoms with van der Waals surface area (Å²) < 4.78 is 0. The Morgan fingerprint density at radius 2 is 2.17 bits per heavy atom. The van der Waals surface area contributed by atoms with E-state index >= 15 is 0 Å². The summed E-state index contributed by atoms with van der Waals surface area (Å²) in [6.45, 7) is 6.98. The molecule has 18 heavy (non-hydrogen) atoms. The van der Waals surface area contributed by atoms with Gasteiger partial charge in [0, 0.05) is 12.6 Å². The molecule has 0 aliphatic rings. The Kier molecular flexibility index (Phi) is 6.05. The molecule has 0 aromatic carbocycles. The molecule has 0 radical (unpaired) electrons. The number of aromatic nitrogens is 2. The van der Waals surface area contributed by atoms with Gasteiger partial charge in [-0.3, -0.25) is 9.78 Å². The third-order valence-electron chi connectivity index (χ3n) is 2.96. The number of rotatable bonds is 6. The van der Waals surface area contributed by atoms with E-state index in [1.807, 2.05) is 11.8 Å². The average molecular weight is 270 g/mol. The Hall–Kier alpha value is -1.16. The van der Waals surface area contributed by atoms with Crippen LogP contribution in [0.3, 0.4) is 0 Å². The molecule has 1 unspecified atom stereocenters. The van der Waals surface area contributed by atoms with Crippen LogP contribution in [-0.2, 0) is 0 Å². The number of nitrogens with zero attached hydrogens (tertiary/aromatic N) is 3. The molecule has 0 saturated carbocycles. The molecule has 1 aromatic heterocycles. The van der Waals surface area contributed by atoms with E-state index in [0.717, 1.165) is 25.8 Å². The summed E-state index contributed by atoms with van der Waals surface area (Å²) in [5.74, 6) is -0.0900. The number of carbonyl (C=O) groups is 1. The van der Waals surface area contributed by atoms with Crippen LogP contribution in [0.2, 0.25) is 5.15 Å². The van der Waals surface area contributed by atoms with Crippen LogP contribution in [0.1, 0.15) is 50.5 Å². The van der Waals surface area contributed by atoms with E-state index in [4.69, 9.17) is 11.6 Å². The molecule has 0 aliphatic carbocycles. The zero-order valence-corrected chi connectivity index (χ0v) is 11.9. The Bertz CT molecular complexity index is 398. The predicted molar refractivity (Wildman–Crippen MR) is 72.7 cm³/mol. The summed E-state index contributed by atoms with van der Waals surface area (Å²) in [6.07, 6.45) is 5.86. The Labute approximate surface area is 113 Å². The molecular weight excluding hydrogens is 250 g/mol. The molecule has 1 aromatic rings. The van der Waals surface area contributed by atoms with Gasteiger partial charge in [-0.15, -0.1) is 0 Å². The summed E-state index contributed by atoms with van der Waals surface area (Å²) in [7, 11) is 0. The van der Waals surface area contributed by atoms with E-state index in [9.17, 15) is 4.79 Å². The van der Waals surface area contributed by atoms with Crippen molar-refractivity contribution < 1.29 is 4.79 Å². The van der Waals surface area contributed by atoms with Crippen molar-refractivity contribution in [1.82, 2.24) is 14.9 Å². The van der Waals surface area contributed by atoms with E-state index < -0.39 is 0 Å². The topological polar surface area (TPSA) is 46.1 Å². The Morgan fingerprint density at radius 1 is 1.44 bits per heavy atom. The molecule has 0 bridgehead atoms. The predicted octanol–water partition coefficient (Wildman–Crippen LogP) is 3.17. The maximum Gasteiger partial charge on any atom is 0.274 e. The van der Waals surface area contributed by atoms with E-state index in [1.165, 1.54) is 12.4 Å². The van der Waals surface area contributed by atoms with Crippen LogP contribution in [0, 0.1) is 0 Å². The highest BCUT2D eigenvalue weighted by Crippen LogP contribution is 2.12. The van der Waals surface area contributed by atoms with Crippen molar-refractivity contribution in [3.63, 3.8) is 0 Å². The molecule has 0 fully saturated rings. The first-order valence-electron chi connectivity index (χ1n) is 6.38.